The quantitative estimate of drug-likeness (QED) is 0.824. The Morgan fingerprint density at radius 1 is 1.36 bits per heavy atom. The van der Waals surface area contributed by atoms with Crippen molar-refractivity contribution in [1.29, 1.82) is 0 Å². The maximum Gasteiger partial charge on any atom is 0.170 e. The van der Waals surface area contributed by atoms with E-state index in [0.29, 0.717) is 17.2 Å². The van der Waals surface area contributed by atoms with Crippen LogP contribution >= 0.6 is 12.2 Å². The van der Waals surface area contributed by atoms with E-state index in [2.05, 4.69) is 61.4 Å². The summed E-state index contributed by atoms with van der Waals surface area (Å²) in [4.78, 5) is 2.59. The van der Waals surface area contributed by atoms with Crippen LogP contribution in [0.5, 0.6) is 0 Å². The maximum absolute atomic E-state index is 5.45. The molecule has 3 nitrogen and oxygen atoms in total. The number of piperidine rings is 1. The largest absolute Gasteiger partial charge is 0.361 e. The van der Waals surface area contributed by atoms with E-state index >= 15 is 0 Å². The van der Waals surface area contributed by atoms with Crippen LogP contribution in [0.2, 0.25) is 0 Å². The number of thiocarbonyl (C=S) groups is 1. The van der Waals surface area contributed by atoms with E-state index in [9.17, 15) is 0 Å². The molecule has 1 fully saturated rings. The molecule has 2 rings (SSSR count). The van der Waals surface area contributed by atoms with Crippen molar-refractivity contribution < 1.29 is 0 Å². The van der Waals surface area contributed by atoms with Gasteiger partial charge in [-0.25, -0.2) is 0 Å². The van der Waals surface area contributed by atoms with Crippen molar-refractivity contribution in [2.45, 2.75) is 59.0 Å². The topological polar surface area (TPSA) is 27.3 Å². The monoisotopic (exact) mass is 319 g/mol. The second kappa shape index (κ2) is 7.93. The highest BCUT2D eigenvalue weighted by molar-refractivity contribution is 7.80. The molecule has 0 saturated carbocycles. The fraction of sp³-hybridized carbons (Fsp3) is 0.611. The fourth-order valence-electron chi connectivity index (χ4n) is 3.19. The zero-order valence-electron chi connectivity index (χ0n) is 14.3. The molecule has 0 bridgehead atoms. The first-order valence-electron chi connectivity index (χ1n) is 8.36. The van der Waals surface area contributed by atoms with Gasteiger partial charge in [-0.3, -0.25) is 4.90 Å². The van der Waals surface area contributed by atoms with Crippen LogP contribution in [0.25, 0.3) is 0 Å². The normalized spacial score (nSPS) is 20.5. The van der Waals surface area contributed by atoms with Crippen LogP contribution in [0.3, 0.4) is 0 Å². The SMILES string of the molecule is Cc1cccc(NC(=S)NCC(C)N2CCCCC2C)c1C. The standard InChI is InChI=1S/C18H29N3S/c1-13-8-7-10-17(16(13)4)20-18(22)19-12-15(3)21-11-6-5-9-14(21)2/h7-8,10,14-15H,5-6,9,11-12H2,1-4H3,(H2,19,20,22). The number of hydrogen-bond donors (Lipinski definition) is 2. The van der Waals surface area contributed by atoms with E-state index in [4.69, 9.17) is 12.2 Å². The number of rotatable bonds is 4. The Labute approximate surface area is 140 Å². The van der Waals surface area contributed by atoms with Crippen molar-refractivity contribution >= 4 is 23.0 Å². The molecule has 0 amide bonds. The van der Waals surface area contributed by atoms with Gasteiger partial charge in [-0.05, 0) is 76.5 Å². The Morgan fingerprint density at radius 2 is 2.14 bits per heavy atom. The van der Waals surface area contributed by atoms with Gasteiger partial charge in [0.25, 0.3) is 0 Å². The number of nitrogens with zero attached hydrogens (tertiary/aromatic N) is 1. The van der Waals surface area contributed by atoms with Gasteiger partial charge < -0.3 is 10.6 Å². The molecule has 2 unspecified atom stereocenters. The zero-order chi connectivity index (χ0) is 16.1. The molecule has 0 aromatic heterocycles. The third-order valence-electron chi connectivity index (χ3n) is 4.83. The van der Waals surface area contributed by atoms with Gasteiger partial charge in [-0.2, -0.15) is 0 Å². The van der Waals surface area contributed by atoms with Crippen LogP contribution in [0, 0.1) is 13.8 Å². The van der Waals surface area contributed by atoms with Crippen LogP contribution in [-0.4, -0.2) is 35.2 Å². The summed E-state index contributed by atoms with van der Waals surface area (Å²) in [7, 11) is 0. The van der Waals surface area contributed by atoms with E-state index in [1.54, 1.807) is 0 Å². The second-order valence-electron chi connectivity index (χ2n) is 6.51. The zero-order valence-corrected chi connectivity index (χ0v) is 15.1. The lowest BCUT2D eigenvalue weighted by Crippen LogP contribution is -2.49. The van der Waals surface area contributed by atoms with Crippen molar-refractivity contribution in [1.82, 2.24) is 10.2 Å². The molecule has 1 aliphatic heterocycles. The minimum absolute atomic E-state index is 0.508. The maximum atomic E-state index is 5.45. The molecule has 1 aliphatic rings. The molecule has 1 saturated heterocycles. The summed E-state index contributed by atoms with van der Waals surface area (Å²) in [5, 5.41) is 7.41. The first kappa shape index (κ1) is 17.2. The smallest absolute Gasteiger partial charge is 0.170 e. The Bertz CT molecular complexity index is 515. The molecule has 2 atom stereocenters. The van der Waals surface area contributed by atoms with Crippen LogP contribution < -0.4 is 10.6 Å². The Kier molecular flexibility index (Phi) is 6.21. The number of anilines is 1. The van der Waals surface area contributed by atoms with Gasteiger partial charge in [0, 0.05) is 24.3 Å². The van der Waals surface area contributed by atoms with Crippen LogP contribution in [0.1, 0.15) is 44.2 Å². The van der Waals surface area contributed by atoms with E-state index in [-0.39, 0.29) is 0 Å². The van der Waals surface area contributed by atoms with Gasteiger partial charge in [0.1, 0.15) is 0 Å². The lowest BCUT2D eigenvalue weighted by molar-refractivity contribution is 0.116. The summed E-state index contributed by atoms with van der Waals surface area (Å²) in [6.45, 7) is 11.0. The molecular formula is C18H29N3S. The Hall–Kier alpha value is -1.13. The molecule has 0 aliphatic carbocycles. The fourth-order valence-corrected chi connectivity index (χ4v) is 3.38. The first-order valence-corrected chi connectivity index (χ1v) is 8.76. The minimum Gasteiger partial charge on any atom is -0.361 e. The Morgan fingerprint density at radius 3 is 2.86 bits per heavy atom. The van der Waals surface area contributed by atoms with Gasteiger partial charge in [0.15, 0.2) is 5.11 Å². The summed E-state index contributed by atoms with van der Waals surface area (Å²) in [5.74, 6) is 0. The molecule has 4 heteroatoms. The van der Waals surface area contributed by atoms with E-state index < -0.39 is 0 Å². The first-order chi connectivity index (χ1) is 10.5. The van der Waals surface area contributed by atoms with Crippen molar-refractivity contribution in [2.24, 2.45) is 0 Å². The summed E-state index contributed by atoms with van der Waals surface area (Å²) in [6.07, 6.45) is 4.00. The molecule has 0 radical (unpaired) electrons. The van der Waals surface area contributed by atoms with Gasteiger partial charge in [0.2, 0.25) is 0 Å². The molecule has 122 valence electrons. The summed E-state index contributed by atoms with van der Waals surface area (Å²) in [6, 6.07) is 7.45. The average molecular weight is 320 g/mol. The molecule has 1 heterocycles. The third kappa shape index (κ3) is 4.43. The lowest BCUT2D eigenvalue weighted by atomic mass is 10.0. The molecule has 1 aromatic rings. The highest BCUT2D eigenvalue weighted by Crippen LogP contribution is 2.19. The molecular weight excluding hydrogens is 290 g/mol. The van der Waals surface area contributed by atoms with Gasteiger partial charge in [-0.15, -0.1) is 0 Å². The number of hydrogen-bond acceptors (Lipinski definition) is 2. The van der Waals surface area contributed by atoms with Crippen LogP contribution in [0.4, 0.5) is 5.69 Å². The predicted octanol–water partition coefficient (Wildman–Crippen LogP) is 3.85. The van der Waals surface area contributed by atoms with Crippen LogP contribution in [0.15, 0.2) is 18.2 Å². The van der Waals surface area contributed by atoms with Gasteiger partial charge in [0.05, 0.1) is 0 Å². The van der Waals surface area contributed by atoms with Crippen molar-refractivity contribution in [3.05, 3.63) is 29.3 Å². The molecule has 1 aromatic carbocycles. The molecule has 0 spiro atoms. The number of nitrogens with one attached hydrogen (secondary N) is 2. The van der Waals surface area contributed by atoms with E-state index in [1.165, 1.54) is 36.9 Å². The number of likely N-dealkylation sites (tertiary alicyclic amines) is 1. The summed E-state index contributed by atoms with van der Waals surface area (Å²) in [5.41, 5.74) is 3.63. The summed E-state index contributed by atoms with van der Waals surface area (Å²) >= 11 is 5.45. The highest BCUT2D eigenvalue weighted by atomic mass is 32.1. The van der Waals surface area contributed by atoms with Gasteiger partial charge in [-0.1, -0.05) is 18.6 Å². The molecule has 2 N–H and O–H groups in total. The Balaban J connectivity index is 1.83. The van der Waals surface area contributed by atoms with E-state index in [1.807, 2.05) is 0 Å². The highest BCUT2D eigenvalue weighted by Gasteiger charge is 2.22. The lowest BCUT2D eigenvalue weighted by Gasteiger charge is -2.38. The van der Waals surface area contributed by atoms with Crippen LogP contribution in [-0.2, 0) is 0 Å². The molecule has 22 heavy (non-hydrogen) atoms. The van der Waals surface area contributed by atoms with Gasteiger partial charge >= 0.3 is 0 Å². The predicted molar refractivity (Wildman–Crippen MR) is 99.6 cm³/mol. The minimum atomic E-state index is 0.508. The summed E-state index contributed by atoms with van der Waals surface area (Å²) < 4.78 is 0. The van der Waals surface area contributed by atoms with E-state index in [0.717, 1.165) is 12.2 Å². The second-order valence-corrected chi connectivity index (χ2v) is 6.92. The number of aryl methyl sites for hydroxylation is 1. The third-order valence-corrected chi connectivity index (χ3v) is 5.08. The van der Waals surface area contributed by atoms with Crippen molar-refractivity contribution in [3.8, 4) is 0 Å². The van der Waals surface area contributed by atoms with Crippen molar-refractivity contribution in [2.75, 3.05) is 18.4 Å². The average Bonchev–Trinajstić information content (AvgIpc) is 2.50. The van der Waals surface area contributed by atoms with Crippen molar-refractivity contribution in [3.63, 3.8) is 0 Å². The number of benzene rings is 1.